The Morgan fingerprint density at radius 2 is 2.00 bits per heavy atom. The van der Waals surface area contributed by atoms with E-state index in [4.69, 9.17) is 4.74 Å². The molecule has 0 saturated heterocycles. The molecule has 0 bridgehead atoms. The minimum atomic E-state index is -2.86. The zero-order valence-corrected chi connectivity index (χ0v) is 12.7. The van der Waals surface area contributed by atoms with Crippen molar-refractivity contribution in [1.29, 1.82) is 0 Å². The summed E-state index contributed by atoms with van der Waals surface area (Å²) in [6.07, 6.45) is 3.91. The Bertz CT molecular complexity index is 448. The summed E-state index contributed by atoms with van der Waals surface area (Å²) in [5.41, 5.74) is 0.881. The molecule has 1 rings (SSSR count). The van der Waals surface area contributed by atoms with Crippen LogP contribution in [0.25, 0.3) is 6.08 Å². The van der Waals surface area contributed by atoms with Crippen LogP contribution in [-0.4, -0.2) is 26.3 Å². The van der Waals surface area contributed by atoms with Crippen LogP contribution in [0.2, 0.25) is 0 Å². The standard InChI is InChI=1S/C16H23F2NO2/c1-4-20-15-10-13(6-5-9-19-11-12(2)3)7-8-14(15)21-16(17)18/h5-8,10,12,16,19H,4,9,11H2,1-3H3. The molecule has 0 aliphatic carbocycles. The monoisotopic (exact) mass is 299 g/mol. The first-order valence-electron chi connectivity index (χ1n) is 7.11. The summed E-state index contributed by atoms with van der Waals surface area (Å²) in [7, 11) is 0. The van der Waals surface area contributed by atoms with E-state index in [1.807, 2.05) is 12.2 Å². The summed E-state index contributed by atoms with van der Waals surface area (Å²) in [5, 5.41) is 3.29. The number of ether oxygens (including phenoxy) is 2. The van der Waals surface area contributed by atoms with Gasteiger partial charge in [-0.15, -0.1) is 0 Å². The van der Waals surface area contributed by atoms with Crippen molar-refractivity contribution >= 4 is 6.08 Å². The van der Waals surface area contributed by atoms with Gasteiger partial charge in [-0.05, 0) is 37.1 Å². The lowest BCUT2D eigenvalue weighted by molar-refractivity contribution is -0.0514. The largest absolute Gasteiger partial charge is 0.490 e. The number of nitrogens with one attached hydrogen (secondary N) is 1. The van der Waals surface area contributed by atoms with Gasteiger partial charge in [-0.1, -0.05) is 32.1 Å². The fraction of sp³-hybridized carbons (Fsp3) is 0.500. The van der Waals surface area contributed by atoms with E-state index in [2.05, 4.69) is 23.9 Å². The van der Waals surface area contributed by atoms with Crippen molar-refractivity contribution < 1.29 is 18.3 Å². The molecule has 0 amide bonds. The van der Waals surface area contributed by atoms with Crippen LogP contribution in [0.3, 0.4) is 0 Å². The summed E-state index contributed by atoms with van der Waals surface area (Å²) >= 11 is 0. The molecule has 1 N–H and O–H groups in total. The van der Waals surface area contributed by atoms with Crippen molar-refractivity contribution in [3.05, 3.63) is 29.8 Å². The number of halogens is 2. The van der Waals surface area contributed by atoms with Crippen LogP contribution >= 0.6 is 0 Å². The molecule has 0 aliphatic rings. The van der Waals surface area contributed by atoms with Crippen LogP contribution in [0.1, 0.15) is 26.3 Å². The summed E-state index contributed by atoms with van der Waals surface area (Å²) in [6.45, 7) is 5.34. The van der Waals surface area contributed by atoms with Crippen molar-refractivity contribution in [3.63, 3.8) is 0 Å². The van der Waals surface area contributed by atoms with Crippen LogP contribution in [0, 0.1) is 5.92 Å². The quantitative estimate of drug-likeness (QED) is 0.700. The Balaban J connectivity index is 2.66. The highest BCUT2D eigenvalue weighted by Gasteiger charge is 2.10. The molecule has 0 fully saturated rings. The number of alkyl halides is 2. The molecule has 0 radical (unpaired) electrons. The SMILES string of the molecule is CCOc1cc(C=CCNCC(C)C)ccc1OC(F)F. The van der Waals surface area contributed by atoms with Gasteiger partial charge >= 0.3 is 6.61 Å². The van der Waals surface area contributed by atoms with E-state index >= 15 is 0 Å². The van der Waals surface area contributed by atoms with Gasteiger partial charge in [-0.3, -0.25) is 0 Å². The van der Waals surface area contributed by atoms with Gasteiger partial charge in [0.25, 0.3) is 0 Å². The molecule has 0 spiro atoms. The normalized spacial score (nSPS) is 11.6. The van der Waals surface area contributed by atoms with Gasteiger partial charge in [0.05, 0.1) is 6.61 Å². The smallest absolute Gasteiger partial charge is 0.387 e. The molecule has 0 aliphatic heterocycles. The van der Waals surface area contributed by atoms with Crippen LogP contribution < -0.4 is 14.8 Å². The average Bonchev–Trinajstić information content (AvgIpc) is 2.40. The van der Waals surface area contributed by atoms with Crippen LogP contribution in [-0.2, 0) is 0 Å². The molecule has 3 nitrogen and oxygen atoms in total. The molecule has 0 atom stereocenters. The molecule has 118 valence electrons. The third-order valence-electron chi connectivity index (χ3n) is 2.61. The lowest BCUT2D eigenvalue weighted by Gasteiger charge is -2.11. The molecule has 0 saturated carbocycles. The molecular weight excluding hydrogens is 276 g/mol. The first kappa shape index (κ1) is 17.4. The van der Waals surface area contributed by atoms with Crippen LogP contribution in [0.5, 0.6) is 11.5 Å². The number of rotatable bonds is 9. The lowest BCUT2D eigenvalue weighted by Crippen LogP contribution is -2.19. The van der Waals surface area contributed by atoms with Gasteiger partial charge in [0.1, 0.15) is 0 Å². The Morgan fingerprint density at radius 1 is 1.24 bits per heavy atom. The second kappa shape index (κ2) is 9.34. The molecule has 0 unspecified atom stereocenters. The maximum atomic E-state index is 12.3. The number of hydrogen-bond acceptors (Lipinski definition) is 3. The molecule has 1 aromatic carbocycles. The van der Waals surface area contributed by atoms with Gasteiger partial charge in [0.2, 0.25) is 0 Å². The summed E-state index contributed by atoms with van der Waals surface area (Å²) < 4.78 is 34.3. The Labute approximate surface area is 124 Å². The zero-order chi connectivity index (χ0) is 15.7. The van der Waals surface area contributed by atoms with Crippen molar-refractivity contribution in [1.82, 2.24) is 5.32 Å². The van der Waals surface area contributed by atoms with Gasteiger partial charge in [0.15, 0.2) is 11.5 Å². The Morgan fingerprint density at radius 3 is 2.62 bits per heavy atom. The molecular formula is C16H23F2NO2. The first-order chi connectivity index (χ1) is 10.0. The van der Waals surface area contributed by atoms with Gasteiger partial charge in [0, 0.05) is 6.54 Å². The van der Waals surface area contributed by atoms with Gasteiger partial charge in [-0.2, -0.15) is 8.78 Å². The van der Waals surface area contributed by atoms with E-state index in [1.165, 1.54) is 6.07 Å². The Hall–Kier alpha value is -1.62. The predicted octanol–water partition coefficient (Wildman–Crippen LogP) is 3.95. The third-order valence-corrected chi connectivity index (χ3v) is 2.61. The van der Waals surface area contributed by atoms with E-state index < -0.39 is 6.61 Å². The second-order valence-electron chi connectivity index (χ2n) is 4.97. The fourth-order valence-corrected chi connectivity index (χ4v) is 1.74. The van der Waals surface area contributed by atoms with Crippen molar-refractivity contribution in [2.75, 3.05) is 19.7 Å². The molecule has 1 aromatic rings. The topological polar surface area (TPSA) is 30.5 Å². The number of benzene rings is 1. The minimum absolute atomic E-state index is 0.0573. The van der Waals surface area contributed by atoms with Crippen LogP contribution in [0.15, 0.2) is 24.3 Å². The maximum Gasteiger partial charge on any atom is 0.387 e. The first-order valence-corrected chi connectivity index (χ1v) is 7.11. The Kier molecular flexibility index (Phi) is 7.75. The predicted molar refractivity (Wildman–Crippen MR) is 81.0 cm³/mol. The highest BCUT2D eigenvalue weighted by atomic mass is 19.3. The number of hydrogen-bond donors (Lipinski definition) is 1. The minimum Gasteiger partial charge on any atom is -0.490 e. The fourth-order valence-electron chi connectivity index (χ4n) is 1.74. The van der Waals surface area contributed by atoms with Crippen molar-refractivity contribution in [3.8, 4) is 11.5 Å². The maximum absolute atomic E-state index is 12.3. The van der Waals surface area contributed by atoms with E-state index in [-0.39, 0.29) is 5.75 Å². The summed E-state index contributed by atoms with van der Waals surface area (Å²) in [4.78, 5) is 0. The molecule has 0 aromatic heterocycles. The van der Waals surface area contributed by atoms with E-state index in [1.54, 1.807) is 19.1 Å². The van der Waals surface area contributed by atoms with Crippen LogP contribution in [0.4, 0.5) is 8.78 Å². The highest BCUT2D eigenvalue weighted by molar-refractivity contribution is 5.56. The summed E-state index contributed by atoms with van der Waals surface area (Å²) in [6, 6.07) is 4.91. The summed E-state index contributed by atoms with van der Waals surface area (Å²) in [5.74, 6) is 0.991. The highest BCUT2D eigenvalue weighted by Crippen LogP contribution is 2.30. The van der Waals surface area contributed by atoms with Gasteiger partial charge in [-0.25, -0.2) is 0 Å². The van der Waals surface area contributed by atoms with E-state index in [0.717, 1.165) is 18.7 Å². The molecule has 5 heteroatoms. The molecule has 21 heavy (non-hydrogen) atoms. The van der Waals surface area contributed by atoms with E-state index in [9.17, 15) is 8.78 Å². The second-order valence-corrected chi connectivity index (χ2v) is 4.97. The van der Waals surface area contributed by atoms with Gasteiger partial charge < -0.3 is 14.8 Å². The average molecular weight is 299 g/mol. The van der Waals surface area contributed by atoms with Crippen molar-refractivity contribution in [2.45, 2.75) is 27.4 Å². The zero-order valence-electron chi connectivity index (χ0n) is 12.7. The van der Waals surface area contributed by atoms with Crippen molar-refractivity contribution in [2.24, 2.45) is 5.92 Å². The third kappa shape index (κ3) is 7.09. The molecule has 0 heterocycles. The lowest BCUT2D eigenvalue weighted by atomic mass is 10.2. The van der Waals surface area contributed by atoms with E-state index in [0.29, 0.717) is 18.3 Å².